The molecule has 1 heterocycles. The summed E-state index contributed by atoms with van der Waals surface area (Å²) in [5.74, 6) is 0.000425. The van der Waals surface area contributed by atoms with Crippen molar-refractivity contribution in [3.8, 4) is 0 Å². The maximum absolute atomic E-state index is 12.6. The van der Waals surface area contributed by atoms with E-state index in [0.29, 0.717) is 12.1 Å². The number of carbonyl (C=O) groups is 1. The molecule has 1 amide bonds. The third-order valence-electron chi connectivity index (χ3n) is 4.38. The molecule has 0 aliphatic carbocycles. The number of carbonyl (C=O) groups excluding carboxylic acids is 1. The molecule has 0 saturated carbocycles. The molecular weight excluding hydrogens is 300 g/mol. The van der Waals surface area contributed by atoms with Crippen molar-refractivity contribution < 1.29 is 9.90 Å². The highest BCUT2D eigenvalue weighted by Gasteiger charge is 2.23. The second kappa shape index (κ2) is 7.97. The first kappa shape index (κ1) is 16.5. The van der Waals surface area contributed by atoms with E-state index in [2.05, 4.69) is 17.4 Å². The molecule has 4 heteroatoms. The van der Waals surface area contributed by atoms with Crippen LogP contribution in [0.25, 0.3) is 0 Å². The van der Waals surface area contributed by atoms with Gasteiger partial charge >= 0.3 is 0 Å². The van der Waals surface area contributed by atoms with Crippen LogP contribution in [0.2, 0.25) is 0 Å². The van der Waals surface area contributed by atoms with E-state index in [4.69, 9.17) is 0 Å². The molecule has 0 spiro atoms. The summed E-state index contributed by atoms with van der Waals surface area (Å²) >= 11 is 0. The highest BCUT2D eigenvalue weighted by Crippen LogP contribution is 2.17. The summed E-state index contributed by atoms with van der Waals surface area (Å²) in [6.07, 6.45) is 2.19. The van der Waals surface area contributed by atoms with Gasteiger partial charge in [-0.15, -0.1) is 0 Å². The molecule has 2 aromatic rings. The van der Waals surface area contributed by atoms with E-state index in [-0.39, 0.29) is 5.91 Å². The number of anilines is 1. The number of β-amino-alcohol motifs (C(OH)–C–C–N with tert-alkyl or cyclic N) is 1. The molecule has 24 heavy (non-hydrogen) atoms. The molecule has 0 aromatic heterocycles. The molecule has 126 valence electrons. The molecule has 0 radical (unpaired) electrons. The Morgan fingerprint density at radius 1 is 1.17 bits per heavy atom. The molecule has 1 aliphatic heterocycles. The fourth-order valence-corrected chi connectivity index (χ4v) is 3.08. The fourth-order valence-electron chi connectivity index (χ4n) is 3.08. The average molecular weight is 324 g/mol. The minimum Gasteiger partial charge on any atom is -0.391 e. The first-order valence-corrected chi connectivity index (χ1v) is 8.57. The predicted octanol–water partition coefficient (Wildman–Crippen LogP) is 2.94. The number of hydrogen-bond donors (Lipinski definition) is 2. The lowest BCUT2D eigenvalue weighted by Crippen LogP contribution is -2.42. The van der Waals surface area contributed by atoms with Crippen molar-refractivity contribution in [3.63, 3.8) is 0 Å². The third kappa shape index (κ3) is 4.36. The number of aliphatic hydroxyl groups is 1. The Kier molecular flexibility index (Phi) is 5.49. The van der Waals surface area contributed by atoms with Crippen molar-refractivity contribution in [1.82, 2.24) is 4.90 Å². The van der Waals surface area contributed by atoms with Gasteiger partial charge in [0.15, 0.2) is 0 Å². The smallest absolute Gasteiger partial charge is 0.254 e. The molecule has 4 nitrogen and oxygen atoms in total. The van der Waals surface area contributed by atoms with Crippen LogP contribution in [0.1, 0.15) is 28.8 Å². The number of likely N-dealkylation sites (tertiary alicyclic amines) is 1. The molecule has 2 N–H and O–H groups in total. The zero-order chi connectivity index (χ0) is 16.8. The molecule has 1 fully saturated rings. The zero-order valence-electron chi connectivity index (χ0n) is 13.8. The molecular formula is C20H24N2O2. The second-order valence-electron chi connectivity index (χ2n) is 6.29. The Hall–Kier alpha value is -2.33. The Morgan fingerprint density at radius 3 is 2.79 bits per heavy atom. The highest BCUT2D eigenvalue weighted by molar-refractivity contribution is 5.95. The minimum atomic E-state index is -0.394. The molecule has 1 aliphatic rings. The third-order valence-corrected chi connectivity index (χ3v) is 4.38. The van der Waals surface area contributed by atoms with Gasteiger partial charge in [-0.05, 0) is 43.0 Å². The number of amides is 1. The van der Waals surface area contributed by atoms with E-state index in [1.807, 2.05) is 42.5 Å². The number of nitrogens with zero attached hydrogens (tertiary/aromatic N) is 1. The zero-order valence-corrected chi connectivity index (χ0v) is 13.8. The molecule has 3 rings (SSSR count). The largest absolute Gasteiger partial charge is 0.391 e. The monoisotopic (exact) mass is 324 g/mol. The lowest BCUT2D eigenvalue weighted by molar-refractivity contribution is 0.0474. The van der Waals surface area contributed by atoms with Gasteiger partial charge in [0, 0.05) is 30.9 Å². The van der Waals surface area contributed by atoms with E-state index in [9.17, 15) is 9.90 Å². The number of aliphatic hydroxyl groups excluding tert-OH is 1. The normalized spacial score (nSPS) is 17.5. The van der Waals surface area contributed by atoms with Gasteiger partial charge in [0.2, 0.25) is 0 Å². The topological polar surface area (TPSA) is 52.6 Å². The minimum absolute atomic E-state index is 0.000425. The van der Waals surface area contributed by atoms with Crippen LogP contribution in [-0.4, -0.2) is 41.7 Å². The van der Waals surface area contributed by atoms with Gasteiger partial charge < -0.3 is 15.3 Å². The fraction of sp³-hybridized carbons (Fsp3) is 0.350. The Labute approximate surface area is 143 Å². The van der Waals surface area contributed by atoms with Crippen LogP contribution in [0, 0.1) is 0 Å². The van der Waals surface area contributed by atoms with Gasteiger partial charge in [-0.1, -0.05) is 36.4 Å². The van der Waals surface area contributed by atoms with Crippen molar-refractivity contribution in [2.45, 2.75) is 25.4 Å². The van der Waals surface area contributed by atoms with E-state index in [0.717, 1.165) is 38.0 Å². The van der Waals surface area contributed by atoms with Crippen molar-refractivity contribution in [3.05, 3.63) is 65.7 Å². The molecule has 0 bridgehead atoms. The standard InChI is InChI=1S/C20H24N2O2/c23-19-10-5-13-22(15-19)20(24)17-8-4-9-18(14-17)21-12-11-16-6-2-1-3-7-16/h1-4,6-9,14,19,21,23H,5,10-13,15H2. The van der Waals surface area contributed by atoms with Crippen molar-refractivity contribution in [2.24, 2.45) is 0 Å². The maximum Gasteiger partial charge on any atom is 0.254 e. The van der Waals surface area contributed by atoms with Crippen LogP contribution in [-0.2, 0) is 6.42 Å². The van der Waals surface area contributed by atoms with Crippen LogP contribution in [0.4, 0.5) is 5.69 Å². The summed E-state index contributed by atoms with van der Waals surface area (Å²) in [7, 11) is 0. The van der Waals surface area contributed by atoms with Gasteiger partial charge in [-0.25, -0.2) is 0 Å². The van der Waals surface area contributed by atoms with Crippen LogP contribution >= 0.6 is 0 Å². The van der Waals surface area contributed by atoms with Crippen molar-refractivity contribution >= 4 is 11.6 Å². The van der Waals surface area contributed by atoms with E-state index >= 15 is 0 Å². The van der Waals surface area contributed by atoms with E-state index in [1.165, 1.54) is 5.56 Å². The number of piperidine rings is 1. The van der Waals surface area contributed by atoms with Crippen molar-refractivity contribution in [1.29, 1.82) is 0 Å². The number of rotatable bonds is 5. The summed E-state index contributed by atoms with van der Waals surface area (Å²) in [5.41, 5.74) is 2.92. The van der Waals surface area contributed by atoms with Crippen LogP contribution in [0.3, 0.4) is 0 Å². The molecule has 1 unspecified atom stereocenters. The summed E-state index contributed by atoms with van der Waals surface area (Å²) in [6.45, 7) is 1.98. The summed E-state index contributed by atoms with van der Waals surface area (Å²) < 4.78 is 0. The average Bonchev–Trinajstić information content (AvgIpc) is 2.62. The van der Waals surface area contributed by atoms with Gasteiger partial charge in [0.05, 0.1) is 6.10 Å². The Morgan fingerprint density at radius 2 is 2.00 bits per heavy atom. The Balaban J connectivity index is 1.58. The first-order chi connectivity index (χ1) is 11.7. The summed E-state index contributed by atoms with van der Waals surface area (Å²) in [6, 6.07) is 17.9. The van der Waals surface area contributed by atoms with Crippen LogP contribution in [0.15, 0.2) is 54.6 Å². The summed E-state index contributed by atoms with van der Waals surface area (Å²) in [4.78, 5) is 14.3. The van der Waals surface area contributed by atoms with Gasteiger partial charge in [-0.2, -0.15) is 0 Å². The lowest BCUT2D eigenvalue weighted by atomic mass is 10.1. The quantitative estimate of drug-likeness (QED) is 0.889. The Bertz CT molecular complexity index is 672. The van der Waals surface area contributed by atoms with E-state index in [1.54, 1.807) is 4.90 Å². The number of nitrogens with one attached hydrogen (secondary N) is 1. The van der Waals surface area contributed by atoms with Gasteiger partial charge in [-0.3, -0.25) is 4.79 Å². The molecule has 2 aromatic carbocycles. The van der Waals surface area contributed by atoms with Crippen molar-refractivity contribution in [2.75, 3.05) is 25.0 Å². The highest BCUT2D eigenvalue weighted by atomic mass is 16.3. The molecule has 1 saturated heterocycles. The maximum atomic E-state index is 12.6. The number of hydrogen-bond acceptors (Lipinski definition) is 3. The number of benzene rings is 2. The first-order valence-electron chi connectivity index (χ1n) is 8.57. The van der Waals surface area contributed by atoms with Gasteiger partial charge in [0.1, 0.15) is 0 Å². The van der Waals surface area contributed by atoms with Crippen LogP contribution < -0.4 is 5.32 Å². The van der Waals surface area contributed by atoms with E-state index < -0.39 is 6.10 Å². The lowest BCUT2D eigenvalue weighted by Gasteiger charge is -2.30. The van der Waals surface area contributed by atoms with Crippen LogP contribution in [0.5, 0.6) is 0 Å². The summed E-state index contributed by atoms with van der Waals surface area (Å²) in [5, 5.41) is 13.1. The predicted molar refractivity (Wildman–Crippen MR) is 96.2 cm³/mol. The molecule has 1 atom stereocenters. The SMILES string of the molecule is O=C(c1cccc(NCCc2ccccc2)c1)N1CCCC(O)C1. The second-order valence-corrected chi connectivity index (χ2v) is 6.29. The van der Waals surface area contributed by atoms with Gasteiger partial charge in [0.25, 0.3) is 5.91 Å².